The summed E-state index contributed by atoms with van der Waals surface area (Å²) in [5, 5.41) is 23.7. The maximum absolute atomic E-state index is 11.7. The van der Waals surface area contributed by atoms with Crippen molar-refractivity contribution in [2.75, 3.05) is 25.1 Å². The number of nitrogens with one attached hydrogen (secondary N) is 2. The molecule has 0 atom stereocenters. The molecule has 9 N–H and O–H groups in total. The number of aliphatic imine (C=N–C) groups is 1. The van der Waals surface area contributed by atoms with Gasteiger partial charge in [0.1, 0.15) is 0 Å². The number of hydrogen-bond donors (Lipinski definition) is 6. The Hall–Kier alpha value is -5.48. The Kier molecular flexibility index (Phi) is 10.9. The third-order valence-corrected chi connectivity index (χ3v) is 9.05. The van der Waals surface area contributed by atoms with Gasteiger partial charge in [0.05, 0.1) is 26.6 Å². The van der Waals surface area contributed by atoms with Crippen LogP contribution in [0, 0.1) is 13.8 Å². The van der Waals surface area contributed by atoms with Crippen LogP contribution >= 0.6 is 0 Å². The van der Waals surface area contributed by atoms with Gasteiger partial charge in [0.15, 0.2) is 5.88 Å². The van der Waals surface area contributed by atoms with Gasteiger partial charge in [-0.1, -0.05) is 24.3 Å². The van der Waals surface area contributed by atoms with Gasteiger partial charge < -0.3 is 26.0 Å². The number of sulfonamides is 2. The first kappa shape index (κ1) is 36.4. The van der Waals surface area contributed by atoms with Gasteiger partial charge in [0, 0.05) is 54.4 Å². The number of hydrogen-bond acceptors (Lipinski definition) is 9. The second kappa shape index (κ2) is 14.7. The lowest BCUT2D eigenvalue weighted by Crippen LogP contribution is -2.11. The summed E-state index contributed by atoms with van der Waals surface area (Å²) in [4.78, 5) is 20.9. The molecule has 0 fully saturated rings. The summed E-state index contributed by atoms with van der Waals surface area (Å²) in [6.45, 7) is 3.97. The number of aromatic nitrogens is 1. The van der Waals surface area contributed by atoms with Crippen molar-refractivity contribution in [3.05, 3.63) is 113 Å². The highest BCUT2D eigenvalue weighted by molar-refractivity contribution is 7.89. The second-order valence-electron chi connectivity index (χ2n) is 11.3. The fraction of sp³-hybridized carbons (Fsp3) is 0.118. The maximum Gasteiger partial charge on any atom is 0.257 e. The Morgan fingerprint density at radius 2 is 1.35 bits per heavy atom. The molecule has 0 spiro atoms. The molecule has 0 saturated heterocycles. The van der Waals surface area contributed by atoms with E-state index < -0.39 is 20.0 Å². The van der Waals surface area contributed by atoms with Crippen molar-refractivity contribution in [3.63, 3.8) is 0 Å². The zero-order valence-electron chi connectivity index (χ0n) is 27.2. The predicted molar refractivity (Wildman–Crippen MR) is 193 cm³/mol. The molecule has 13 nitrogen and oxygen atoms in total. The van der Waals surface area contributed by atoms with Crippen molar-refractivity contribution in [1.29, 1.82) is 0 Å². The number of carbonyl (C=O) groups excluding carboxylic acids is 1. The van der Waals surface area contributed by atoms with Crippen molar-refractivity contribution in [2.45, 2.75) is 23.6 Å². The fourth-order valence-electron chi connectivity index (χ4n) is 4.90. The molecule has 0 saturated carbocycles. The summed E-state index contributed by atoms with van der Waals surface area (Å²) in [5.41, 5.74) is 12.6. The van der Waals surface area contributed by atoms with E-state index in [-0.39, 0.29) is 21.6 Å². The van der Waals surface area contributed by atoms with E-state index >= 15 is 0 Å². The van der Waals surface area contributed by atoms with E-state index in [1.165, 1.54) is 36.4 Å². The number of nitrogen functional groups attached to an aromatic ring is 1. The van der Waals surface area contributed by atoms with Gasteiger partial charge >= 0.3 is 0 Å². The molecule has 1 aliphatic rings. The van der Waals surface area contributed by atoms with E-state index in [9.17, 15) is 26.7 Å². The summed E-state index contributed by atoms with van der Waals surface area (Å²) in [6, 6.07) is 23.2. The third-order valence-electron chi connectivity index (χ3n) is 7.19. The van der Waals surface area contributed by atoms with Gasteiger partial charge in [-0.25, -0.2) is 27.1 Å². The van der Waals surface area contributed by atoms with E-state index in [1.807, 2.05) is 75.4 Å². The van der Waals surface area contributed by atoms with Crippen molar-refractivity contribution in [1.82, 2.24) is 9.88 Å². The Morgan fingerprint density at radius 1 is 0.796 bits per heavy atom. The summed E-state index contributed by atoms with van der Waals surface area (Å²) in [5.74, 6) is 0.0206. The lowest BCUT2D eigenvalue weighted by Gasteiger charge is -2.07. The Balaban J connectivity index is 0.000000179. The minimum absolute atomic E-state index is 0.0204. The van der Waals surface area contributed by atoms with Crippen LogP contribution in [0.3, 0.4) is 0 Å². The highest BCUT2D eigenvalue weighted by atomic mass is 32.2. The van der Waals surface area contributed by atoms with Crippen LogP contribution in [0.4, 0.5) is 17.1 Å². The average molecular weight is 704 g/mol. The molecular formula is C34H37N7O6S2. The number of fused-ring (bicyclic) bond motifs is 2. The van der Waals surface area contributed by atoms with Crippen LogP contribution in [0.1, 0.15) is 22.3 Å². The predicted octanol–water partition coefficient (Wildman–Crippen LogP) is 4.35. The molecule has 0 aliphatic carbocycles. The lowest BCUT2D eigenvalue weighted by molar-refractivity contribution is -0.110. The van der Waals surface area contributed by atoms with Crippen molar-refractivity contribution in [3.8, 4) is 5.88 Å². The summed E-state index contributed by atoms with van der Waals surface area (Å²) in [6.07, 6.45) is 3.40. The monoisotopic (exact) mass is 703 g/mol. The standard InChI is InChI=1S/C16H15N3O3S.C12H14N2O.C6H8N2O2S/c1-10-3-2-4-14-15(10)13(16(20)19-14)9-18-11-5-7-12(8-6-11)23(17,21)22;1-8-5-4-6-10-11(8)9(7-14(2)3)12(15)13-10;7-5-1-3-6(4-2-5)11(8,9)10/h2-9,19-20H,1H3,(H2,17,21,22);4-7H,1-3H3,(H,13,15);1-4H,7H2,(H2,8,9,10)/b;9-7-;. The lowest BCUT2D eigenvalue weighted by atomic mass is 10.0. The smallest absolute Gasteiger partial charge is 0.257 e. The molecule has 1 aromatic heterocycles. The van der Waals surface area contributed by atoms with Gasteiger partial charge in [0.2, 0.25) is 20.0 Å². The van der Waals surface area contributed by atoms with Crippen LogP contribution in [0.2, 0.25) is 0 Å². The normalized spacial score (nSPS) is 13.3. The Labute approximate surface area is 284 Å². The number of amides is 1. The second-order valence-corrected chi connectivity index (χ2v) is 14.4. The quantitative estimate of drug-likeness (QED) is 0.0874. The molecule has 5 aromatic rings. The number of aromatic amines is 1. The van der Waals surface area contributed by atoms with E-state index in [4.69, 9.17) is 16.0 Å². The number of nitrogens with two attached hydrogens (primary N) is 3. The van der Waals surface area contributed by atoms with Crippen molar-refractivity contribution in [2.24, 2.45) is 15.3 Å². The molecule has 1 aliphatic heterocycles. The SMILES string of the molecule is Cc1cccc2[nH]c(O)c(C=Nc3ccc(S(N)(=O)=O)cc3)c12.Cc1cccc2c1/C(=C/N(C)C)C(=O)N2.Nc1ccc(S(N)(=O)=O)cc1. The van der Waals surface area contributed by atoms with Crippen LogP contribution < -0.4 is 21.3 Å². The van der Waals surface area contributed by atoms with E-state index in [0.717, 1.165) is 38.9 Å². The zero-order valence-corrected chi connectivity index (χ0v) is 28.8. The van der Waals surface area contributed by atoms with Gasteiger partial charge in [-0.2, -0.15) is 0 Å². The molecule has 15 heteroatoms. The first-order valence-corrected chi connectivity index (χ1v) is 17.7. The molecule has 0 bridgehead atoms. The van der Waals surface area contributed by atoms with E-state index in [2.05, 4.69) is 15.3 Å². The summed E-state index contributed by atoms with van der Waals surface area (Å²) >= 11 is 0. The van der Waals surface area contributed by atoms with Crippen LogP contribution in [0.25, 0.3) is 16.5 Å². The average Bonchev–Trinajstić information content (AvgIpc) is 3.52. The number of rotatable bonds is 5. The van der Waals surface area contributed by atoms with Gasteiger partial charge in [0.25, 0.3) is 5.91 Å². The molecule has 0 unspecified atom stereocenters. The number of benzene rings is 4. The molecule has 49 heavy (non-hydrogen) atoms. The molecule has 256 valence electrons. The number of primary sulfonamides is 2. The number of carbonyl (C=O) groups is 1. The molecule has 6 rings (SSSR count). The van der Waals surface area contributed by atoms with Crippen LogP contribution in [0.5, 0.6) is 5.88 Å². The number of aromatic hydroxyl groups is 1. The number of nitrogens with zero attached hydrogens (tertiary/aromatic N) is 2. The largest absolute Gasteiger partial charge is 0.494 e. The molecule has 0 radical (unpaired) electrons. The van der Waals surface area contributed by atoms with Gasteiger partial charge in [-0.15, -0.1) is 0 Å². The summed E-state index contributed by atoms with van der Waals surface area (Å²) in [7, 11) is -3.46. The van der Waals surface area contributed by atoms with E-state index in [1.54, 1.807) is 18.3 Å². The van der Waals surface area contributed by atoms with Crippen molar-refractivity contribution < 1.29 is 26.7 Å². The maximum atomic E-state index is 11.7. The highest BCUT2D eigenvalue weighted by Crippen LogP contribution is 2.34. The number of aryl methyl sites for hydroxylation is 2. The van der Waals surface area contributed by atoms with E-state index in [0.29, 0.717) is 16.9 Å². The van der Waals surface area contributed by atoms with Crippen LogP contribution in [-0.4, -0.2) is 58.0 Å². The van der Waals surface area contributed by atoms with Crippen LogP contribution in [0.15, 0.2) is 106 Å². The first-order chi connectivity index (χ1) is 23.0. The van der Waals surface area contributed by atoms with Gasteiger partial charge in [-0.05, 0) is 85.6 Å². The topological polar surface area (TPSA) is 227 Å². The molecule has 2 heterocycles. The zero-order chi connectivity index (χ0) is 36.1. The molecule has 4 aromatic carbocycles. The third kappa shape index (κ3) is 9.11. The van der Waals surface area contributed by atoms with Crippen LogP contribution in [-0.2, 0) is 24.8 Å². The van der Waals surface area contributed by atoms with Gasteiger partial charge in [-0.3, -0.25) is 9.79 Å². The summed E-state index contributed by atoms with van der Waals surface area (Å²) < 4.78 is 43.8. The first-order valence-electron chi connectivity index (χ1n) is 14.6. The Bertz CT molecular complexity index is 2280. The molecule has 1 amide bonds. The van der Waals surface area contributed by atoms with Crippen molar-refractivity contribution >= 4 is 65.7 Å². The number of anilines is 2. The minimum atomic E-state index is -3.72. The number of H-pyrrole nitrogens is 1. The Morgan fingerprint density at radius 3 is 1.92 bits per heavy atom. The minimum Gasteiger partial charge on any atom is -0.494 e. The molecular weight excluding hydrogens is 667 g/mol. The fourth-order valence-corrected chi connectivity index (χ4v) is 5.93. The highest BCUT2D eigenvalue weighted by Gasteiger charge is 2.25.